The van der Waals surface area contributed by atoms with Crippen molar-refractivity contribution in [1.82, 2.24) is 9.97 Å². The zero-order valence-electron chi connectivity index (χ0n) is 12.9. The molecule has 0 saturated heterocycles. The van der Waals surface area contributed by atoms with Gasteiger partial charge in [-0.25, -0.2) is 9.97 Å². The Hall–Kier alpha value is -1.81. The third-order valence-electron chi connectivity index (χ3n) is 3.28. The second kappa shape index (κ2) is 6.31. The summed E-state index contributed by atoms with van der Waals surface area (Å²) in [6.45, 7) is 5.97. The van der Waals surface area contributed by atoms with Crippen LogP contribution in [0.25, 0.3) is 11.3 Å². The summed E-state index contributed by atoms with van der Waals surface area (Å²) in [7, 11) is 3.23. The van der Waals surface area contributed by atoms with Crippen LogP contribution in [0.4, 0.5) is 0 Å². The Morgan fingerprint density at radius 3 is 2.38 bits per heavy atom. The minimum atomic E-state index is 0.193. The molecule has 0 aliphatic carbocycles. The first-order valence-electron chi connectivity index (χ1n) is 6.75. The molecule has 1 heterocycles. The van der Waals surface area contributed by atoms with Crippen LogP contribution in [-0.2, 0) is 0 Å². The van der Waals surface area contributed by atoms with Crippen molar-refractivity contribution in [2.75, 3.05) is 14.2 Å². The van der Waals surface area contributed by atoms with E-state index in [0.29, 0.717) is 22.5 Å². The largest absolute Gasteiger partial charge is 0.493 e. The van der Waals surface area contributed by atoms with Gasteiger partial charge in [0, 0.05) is 17.0 Å². The van der Waals surface area contributed by atoms with E-state index in [0.717, 1.165) is 16.8 Å². The number of benzene rings is 1. The van der Waals surface area contributed by atoms with Gasteiger partial charge in [-0.2, -0.15) is 0 Å². The van der Waals surface area contributed by atoms with Gasteiger partial charge in [-0.05, 0) is 19.1 Å². The Labute approximate surface area is 130 Å². The van der Waals surface area contributed by atoms with E-state index >= 15 is 0 Å². The summed E-state index contributed by atoms with van der Waals surface area (Å²) in [4.78, 5) is 8.99. The lowest BCUT2D eigenvalue weighted by Crippen LogP contribution is -2.03. The van der Waals surface area contributed by atoms with Gasteiger partial charge in [-0.1, -0.05) is 31.5 Å². The SMILES string of the molecule is COc1cccc(-c2nc(C(C)C)nc(Cl)c2C)c1OC. The van der Waals surface area contributed by atoms with Crippen molar-refractivity contribution >= 4 is 11.6 Å². The summed E-state index contributed by atoms with van der Waals surface area (Å²) in [5.41, 5.74) is 2.45. The van der Waals surface area contributed by atoms with E-state index in [4.69, 9.17) is 21.1 Å². The number of aromatic nitrogens is 2. The van der Waals surface area contributed by atoms with Gasteiger partial charge in [0.05, 0.1) is 19.9 Å². The van der Waals surface area contributed by atoms with Gasteiger partial charge < -0.3 is 9.47 Å². The Balaban J connectivity index is 2.72. The van der Waals surface area contributed by atoms with Gasteiger partial charge in [-0.15, -0.1) is 0 Å². The molecule has 2 aromatic rings. The van der Waals surface area contributed by atoms with Gasteiger partial charge in [-0.3, -0.25) is 0 Å². The summed E-state index contributed by atoms with van der Waals surface area (Å²) in [5, 5.41) is 0.466. The van der Waals surface area contributed by atoms with Crippen molar-refractivity contribution in [2.45, 2.75) is 26.7 Å². The number of halogens is 1. The monoisotopic (exact) mass is 306 g/mol. The molecule has 1 aromatic heterocycles. The van der Waals surface area contributed by atoms with E-state index in [2.05, 4.69) is 9.97 Å². The molecule has 0 unspecified atom stereocenters. The minimum Gasteiger partial charge on any atom is -0.493 e. The van der Waals surface area contributed by atoms with Crippen molar-refractivity contribution in [3.05, 3.63) is 34.7 Å². The van der Waals surface area contributed by atoms with E-state index in [1.807, 2.05) is 39.0 Å². The van der Waals surface area contributed by atoms with Gasteiger partial charge in [0.15, 0.2) is 11.5 Å². The topological polar surface area (TPSA) is 44.2 Å². The molecule has 0 aliphatic heterocycles. The molecule has 0 aliphatic rings. The molecule has 0 saturated carbocycles. The third kappa shape index (κ3) is 2.95. The molecule has 21 heavy (non-hydrogen) atoms. The quantitative estimate of drug-likeness (QED) is 0.792. The highest BCUT2D eigenvalue weighted by Crippen LogP contribution is 2.39. The molecule has 0 amide bonds. The number of hydrogen-bond donors (Lipinski definition) is 0. The fourth-order valence-corrected chi connectivity index (χ4v) is 2.28. The smallest absolute Gasteiger partial charge is 0.170 e. The van der Waals surface area contributed by atoms with Crippen LogP contribution in [0.3, 0.4) is 0 Å². The van der Waals surface area contributed by atoms with Crippen molar-refractivity contribution < 1.29 is 9.47 Å². The Morgan fingerprint density at radius 1 is 1.10 bits per heavy atom. The van der Waals surface area contributed by atoms with Crippen LogP contribution in [0.15, 0.2) is 18.2 Å². The van der Waals surface area contributed by atoms with Gasteiger partial charge in [0.1, 0.15) is 11.0 Å². The highest BCUT2D eigenvalue weighted by Gasteiger charge is 2.18. The predicted octanol–water partition coefficient (Wildman–Crippen LogP) is 4.25. The van der Waals surface area contributed by atoms with E-state index in [-0.39, 0.29) is 5.92 Å². The standard InChI is InChI=1S/C16H19ClN2O2/c1-9(2)16-18-13(10(3)15(17)19-16)11-7-6-8-12(20-4)14(11)21-5/h6-9H,1-5H3. The Kier molecular flexibility index (Phi) is 4.68. The van der Waals surface area contributed by atoms with Crippen LogP contribution in [0.1, 0.15) is 31.2 Å². The maximum absolute atomic E-state index is 6.26. The van der Waals surface area contributed by atoms with Gasteiger partial charge in [0.25, 0.3) is 0 Å². The number of hydrogen-bond acceptors (Lipinski definition) is 4. The first-order chi connectivity index (χ1) is 9.99. The number of nitrogens with zero attached hydrogens (tertiary/aromatic N) is 2. The molecule has 0 bridgehead atoms. The van der Waals surface area contributed by atoms with Crippen LogP contribution in [-0.4, -0.2) is 24.2 Å². The summed E-state index contributed by atoms with van der Waals surface area (Å²) < 4.78 is 10.8. The van der Waals surface area contributed by atoms with Gasteiger partial charge >= 0.3 is 0 Å². The summed E-state index contributed by atoms with van der Waals surface area (Å²) >= 11 is 6.26. The highest BCUT2D eigenvalue weighted by molar-refractivity contribution is 6.30. The third-order valence-corrected chi connectivity index (χ3v) is 3.65. The average molecular weight is 307 g/mol. The zero-order valence-corrected chi connectivity index (χ0v) is 13.7. The maximum Gasteiger partial charge on any atom is 0.170 e. The van der Waals surface area contributed by atoms with E-state index in [9.17, 15) is 0 Å². The second-order valence-corrected chi connectivity index (χ2v) is 5.40. The molecule has 5 heteroatoms. The number of para-hydroxylation sites is 1. The molecule has 0 atom stereocenters. The number of methoxy groups -OCH3 is 2. The summed E-state index contributed by atoms with van der Waals surface area (Å²) in [5.74, 6) is 2.21. The minimum absolute atomic E-state index is 0.193. The fourth-order valence-electron chi connectivity index (χ4n) is 2.10. The molecule has 0 fully saturated rings. The van der Waals surface area contributed by atoms with Crippen LogP contribution >= 0.6 is 11.6 Å². The maximum atomic E-state index is 6.26. The molecule has 1 aromatic carbocycles. The predicted molar refractivity (Wildman–Crippen MR) is 84.4 cm³/mol. The second-order valence-electron chi connectivity index (χ2n) is 5.04. The molecule has 0 N–H and O–H groups in total. The number of rotatable bonds is 4. The zero-order chi connectivity index (χ0) is 15.6. The lowest BCUT2D eigenvalue weighted by molar-refractivity contribution is 0.356. The van der Waals surface area contributed by atoms with Crippen molar-refractivity contribution in [1.29, 1.82) is 0 Å². The first-order valence-corrected chi connectivity index (χ1v) is 7.12. The van der Waals surface area contributed by atoms with E-state index < -0.39 is 0 Å². The summed E-state index contributed by atoms with van der Waals surface area (Å²) in [6, 6.07) is 5.70. The van der Waals surface area contributed by atoms with Crippen molar-refractivity contribution in [2.24, 2.45) is 0 Å². The average Bonchev–Trinajstić information content (AvgIpc) is 2.48. The molecular weight excluding hydrogens is 288 g/mol. The van der Waals surface area contributed by atoms with Crippen molar-refractivity contribution in [3.63, 3.8) is 0 Å². The Morgan fingerprint density at radius 2 is 1.81 bits per heavy atom. The molecule has 112 valence electrons. The lowest BCUT2D eigenvalue weighted by Gasteiger charge is -2.15. The highest BCUT2D eigenvalue weighted by atomic mass is 35.5. The molecule has 0 spiro atoms. The Bertz CT molecular complexity index is 657. The van der Waals surface area contributed by atoms with Crippen LogP contribution in [0, 0.1) is 6.92 Å². The molecule has 4 nitrogen and oxygen atoms in total. The normalized spacial score (nSPS) is 10.8. The van der Waals surface area contributed by atoms with E-state index in [1.165, 1.54) is 0 Å². The number of ether oxygens (including phenoxy) is 2. The van der Waals surface area contributed by atoms with Gasteiger partial charge in [0.2, 0.25) is 0 Å². The molecule has 0 radical (unpaired) electrons. The van der Waals surface area contributed by atoms with E-state index in [1.54, 1.807) is 14.2 Å². The summed E-state index contributed by atoms with van der Waals surface area (Å²) in [6.07, 6.45) is 0. The first kappa shape index (κ1) is 15.6. The molecular formula is C16H19ClN2O2. The molecule has 2 rings (SSSR count). The van der Waals surface area contributed by atoms with Crippen molar-refractivity contribution in [3.8, 4) is 22.8 Å². The van der Waals surface area contributed by atoms with Crippen LogP contribution in [0.5, 0.6) is 11.5 Å². The fraction of sp³-hybridized carbons (Fsp3) is 0.375. The lowest BCUT2D eigenvalue weighted by atomic mass is 10.1. The van der Waals surface area contributed by atoms with Crippen LogP contribution < -0.4 is 9.47 Å². The van der Waals surface area contributed by atoms with Crippen LogP contribution in [0.2, 0.25) is 5.15 Å².